The molecule has 3 heteroatoms. The van der Waals surface area contributed by atoms with Crippen molar-refractivity contribution < 1.29 is 14.6 Å². The van der Waals surface area contributed by atoms with Gasteiger partial charge in [-0.05, 0) is 37.0 Å². The first-order valence-electron chi connectivity index (χ1n) is 6.45. The molecule has 0 amide bonds. The molecule has 1 aromatic rings. The van der Waals surface area contributed by atoms with Crippen molar-refractivity contribution >= 4 is 5.97 Å². The van der Waals surface area contributed by atoms with Crippen molar-refractivity contribution in [2.75, 3.05) is 6.61 Å². The number of hydrogen-bond acceptors (Lipinski definition) is 2. The van der Waals surface area contributed by atoms with Gasteiger partial charge in [-0.25, -0.2) is 4.79 Å². The molecule has 18 heavy (non-hydrogen) atoms. The Balaban J connectivity index is 2.64. The van der Waals surface area contributed by atoms with E-state index in [1.165, 1.54) is 11.1 Å². The summed E-state index contributed by atoms with van der Waals surface area (Å²) < 4.78 is 5.42. The number of carbonyl (C=O) groups is 1. The maximum Gasteiger partial charge on any atom is 0.333 e. The molecule has 0 fully saturated rings. The van der Waals surface area contributed by atoms with Gasteiger partial charge in [0, 0.05) is 13.0 Å². The average Bonchev–Trinajstić information content (AvgIpc) is 2.32. The van der Waals surface area contributed by atoms with E-state index in [9.17, 15) is 4.79 Å². The fourth-order valence-corrected chi connectivity index (χ4v) is 1.73. The zero-order valence-electron chi connectivity index (χ0n) is 11.4. The average molecular weight is 250 g/mol. The molecule has 0 bridgehead atoms. The number of aliphatic carboxylic acids is 1. The molecule has 1 aromatic carbocycles. The van der Waals surface area contributed by atoms with E-state index in [0.717, 1.165) is 18.4 Å². The first-order valence-corrected chi connectivity index (χ1v) is 6.45. The number of ether oxygens (including phenoxy) is 1. The minimum Gasteiger partial charge on any atom is -0.479 e. The third-order valence-electron chi connectivity index (χ3n) is 3.08. The summed E-state index contributed by atoms with van der Waals surface area (Å²) in [7, 11) is 0. The van der Waals surface area contributed by atoms with Gasteiger partial charge >= 0.3 is 5.97 Å². The van der Waals surface area contributed by atoms with Crippen LogP contribution in [0, 0.1) is 13.8 Å². The standard InChI is InChI=1S/C15H22O3/c1-4-5-8-18-14(15(16)17)10-13-7-6-11(2)12(3)9-13/h6-7,9,14H,4-5,8,10H2,1-3H3,(H,16,17)/t14-/m1/s1. The quantitative estimate of drug-likeness (QED) is 0.756. The Morgan fingerprint density at radius 2 is 2.06 bits per heavy atom. The lowest BCUT2D eigenvalue weighted by atomic mass is 10.0. The molecule has 0 aromatic heterocycles. The number of carboxylic acid groups (broad SMARTS) is 1. The van der Waals surface area contributed by atoms with E-state index in [4.69, 9.17) is 9.84 Å². The molecule has 1 N–H and O–H groups in total. The van der Waals surface area contributed by atoms with Crippen LogP contribution in [0.25, 0.3) is 0 Å². The lowest BCUT2D eigenvalue weighted by molar-refractivity contribution is -0.150. The Hall–Kier alpha value is -1.35. The SMILES string of the molecule is CCCCO[C@H](Cc1ccc(C)c(C)c1)C(=O)O. The highest BCUT2D eigenvalue weighted by Gasteiger charge is 2.18. The van der Waals surface area contributed by atoms with E-state index in [0.29, 0.717) is 13.0 Å². The van der Waals surface area contributed by atoms with Gasteiger partial charge in [-0.2, -0.15) is 0 Å². The predicted octanol–water partition coefficient (Wildman–Crippen LogP) is 3.12. The Labute approximate surface area is 109 Å². The van der Waals surface area contributed by atoms with Crippen LogP contribution in [0.4, 0.5) is 0 Å². The molecular weight excluding hydrogens is 228 g/mol. The lowest BCUT2D eigenvalue weighted by Crippen LogP contribution is -2.26. The Morgan fingerprint density at radius 3 is 2.61 bits per heavy atom. The molecule has 0 saturated heterocycles. The Bertz CT molecular complexity index is 399. The molecule has 0 aliphatic heterocycles. The second-order valence-electron chi connectivity index (χ2n) is 4.67. The molecule has 1 rings (SSSR count). The van der Waals surface area contributed by atoms with Crippen LogP contribution in [0.3, 0.4) is 0 Å². The number of rotatable bonds is 7. The van der Waals surface area contributed by atoms with Crippen molar-refractivity contribution in [2.24, 2.45) is 0 Å². The monoisotopic (exact) mass is 250 g/mol. The highest BCUT2D eigenvalue weighted by atomic mass is 16.5. The third kappa shape index (κ3) is 4.49. The topological polar surface area (TPSA) is 46.5 Å². The van der Waals surface area contributed by atoms with Crippen molar-refractivity contribution in [1.82, 2.24) is 0 Å². The molecule has 0 aliphatic carbocycles. The minimum atomic E-state index is -0.885. The van der Waals surface area contributed by atoms with Crippen LogP contribution in [0.1, 0.15) is 36.5 Å². The molecule has 0 spiro atoms. The number of carboxylic acids is 1. The number of unbranched alkanes of at least 4 members (excludes halogenated alkanes) is 1. The van der Waals surface area contributed by atoms with Gasteiger partial charge in [-0.15, -0.1) is 0 Å². The summed E-state index contributed by atoms with van der Waals surface area (Å²) in [5.74, 6) is -0.885. The fraction of sp³-hybridized carbons (Fsp3) is 0.533. The van der Waals surface area contributed by atoms with Gasteiger partial charge in [0.05, 0.1) is 0 Å². The summed E-state index contributed by atoms with van der Waals surface area (Å²) in [6.45, 7) is 6.65. The van der Waals surface area contributed by atoms with Crippen molar-refractivity contribution in [2.45, 2.75) is 46.1 Å². The van der Waals surface area contributed by atoms with E-state index < -0.39 is 12.1 Å². The Kier molecular flexibility index (Phi) is 5.86. The molecule has 3 nitrogen and oxygen atoms in total. The molecular formula is C15H22O3. The van der Waals surface area contributed by atoms with Gasteiger partial charge < -0.3 is 9.84 Å². The van der Waals surface area contributed by atoms with E-state index in [1.54, 1.807) is 0 Å². The number of benzene rings is 1. The maximum absolute atomic E-state index is 11.1. The maximum atomic E-state index is 11.1. The van der Waals surface area contributed by atoms with Gasteiger partial charge in [0.1, 0.15) is 0 Å². The zero-order chi connectivity index (χ0) is 13.5. The van der Waals surface area contributed by atoms with Crippen molar-refractivity contribution in [1.29, 1.82) is 0 Å². The zero-order valence-corrected chi connectivity index (χ0v) is 11.4. The van der Waals surface area contributed by atoms with E-state index in [-0.39, 0.29) is 0 Å². The largest absolute Gasteiger partial charge is 0.479 e. The van der Waals surface area contributed by atoms with Crippen LogP contribution in [-0.2, 0) is 16.0 Å². The molecule has 100 valence electrons. The van der Waals surface area contributed by atoms with Crippen LogP contribution < -0.4 is 0 Å². The van der Waals surface area contributed by atoms with Gasteiger partial charge in [0.15, 0.2) is 6.10 Å². The molecule has 0 saturated carbocycles. The van der Waals surface area contributed by atoms with E-state index in [1.807, 2.05) is 32.0 Å². The molecule has 0 unspecified atom stereocenters. The first-order chi connectivity index (χ1) is 8.54. The van der Waals surface area contributed by atoms with Crippen LogP contribution in [0.15, 0.2) is 18.2 Å². The van der Waals surface area contributed by atoms with Crippen molar-refractivity contribution in [3.8, 4) is 0 Å². The van der Waals surface area contributed by atoms with Gasteiger partial charge in [-0.3, -0.25) is 0 Å². The predicted molar refractivity (Wildman–Crippen MR) is 71.9 cm³/mol. The van der Waals surface area contributed by atoms with Gasteiger partial charge in [0.2, 0.25) is 0 Å². The van der Waals surface area contributed by atoms with E-state index in [2.05, 4.69) is 6.92 Å². The summed E-state index contributed by atoms with van der Waals surface area (Å²) in [4.78, 5) is 11.1. The second kappa shape index (κ2) is 7.17. The van der Waals surface area contributed by atoms with Crippen molar-refractivity contribution in [3.05, 3.63) is 34.9 Å². The van der Waals surface area contributed by atoms with Crippen LogP contribution >= 0.6 is 0 Å². The van der Waals surface area contributed by atoms with Crippen molar-refractivity contribution in [3.63, 3.8) is 0 Å². The summed E-state index contributed by atoms with van der Waals surface area (Å²) in [5, 5.41) is 9.13. The molecule has 0 radical (unpaired) electrons. The molecule has 0 heterocycles. The molecule has 0 aliphatic rings. The summed E-state index contributed by atoms with van der Waals surface area (Å²) in [5.41, 5.74) is 3.42. The fourth-order valence-electron chi connectivity index (χ4n) is 1.73. The highest BCUT2D eigenvalue weighted by molar-refractivity contribution is 5.72. The minimum absolute atomic E-state index is 0.431. The summed E-state index contributed by atoms with van der Waals surface area (Å²) in [6.07, 6.45) is 1.60. The van der Waals surface area contributed by atoms with Crippen LogP contribution in [0.2, 0.25) is 0 Å². The second-order valence-corrected chi connectivity index (χ2v) is 4.67. The lowest BCUT2D eigenvalue weighted by Gasteiger charge is -2.14. The van der Waals surface area contributed by atoms with Crippen LogP contribution in [-0.4, -0.2) is 23.8 Å². The smallest absolute Gasteiger partial charge is 0.333 e. The first kappa shape index (κ1) is 14.7. The number of hydrogen-bond donors (Lipinski definition) is 1. The normalized spacial score (nSPS) is 12.4. The van der Waals surface area contributed by atoms with Crippen LogP contribution in [0.5, 0.6) is 0 Å². The summed E-state index contributed by atoms with van der Waals surface area (Å²) >= 11 is 0. The van der Waals surface area contributed by atoms with Gasteiger partial charge in [-0.1, -0.05) is 31.5 Å². The number of aryl methyl sites for hydroxylation is 2. The highest BCUT2D eigenvalue weighted by Crippen LogP contribution is 2.13. The third-order valence-corrected chi connectivity index (χ3v) is 3.08. The molecule has 1 atom stereocenters. The summed E-state index contributed by atoms with van der Waals surface area (Å²) in [6, 6.07) is 6.03. The van der Waals surface area contributed by atoms with Gasteiger partial charge in [0.25, 0.3) is 0 Å². The Morgan fingerprint density at radius 1 is 1.33 bits per heavy atom. The van der Waals surface area contributed by atoms with E-state index >= 15 is 0 Å².